The van der Waals surface area contributed by atoms with Crippen molar-refractivity contribution in [2.75, 3.05) is 46.8 Å². The molecule has 36 heteroatoms. The van der Waals surface area contributed by atoms with E-state index in [1.807, 2.05) is 0 Å². The van der Waals surface area contributed by atoms with E-state index in [-0.39, 0.29) is 5.56 Å². The molecule has 0 aromatic heterocycles. The van der Waals surface area contributed by atoms with E-state index in [9.17, 15) is 90.4 Å². The zero-order valence-corrected chi connectivity index (χ0v) is 56.1. The molecule has 6 saturated heterocycles. The van der Waals surface area contributed by atoms with E-state index in [4.69, 9.17) is 61.6 Å². The minimum atomic E-state index is -2.07. The third-order valence-corrected chi connectivity index (χ3v) is 17.8. The number of hydrogen-bond acceptors (Lipinski definition) is 31. The molecule has 1 aromatic carbocycles. The van der Waals surface area contributed by atoms with Crippen LogP contribution < -0.4 is 31.3 Å². The summed E-state index contributed by atoms with van der Waals surface area (Å²) >= 11 is 0. The predicted molar refractivity (Wildman–Crippen MR) is 333 cm³/mol. The highest BCUT2D eigenvalue weighted by molar-refractivity contribution is 5.94. The van der Waals surface area contributed by atoms with Gasteiger partial charge in [0.2, 0.25) is 23.6 Å². The van der Waals surface area contributed by atoms with Gasteiger partial charge in [0.25, 0.3) is 5.91 Å². The van der Waals surface area contributed by atoms with Crippen molar-refractivity contribution in [3.63, 3.8) is 0 Å². The predicted octanol–water partition coefficient (Wildman–Crippen LogP) is -6.72. The summed E-state index contributed by atoms with van der Waals surface area (Å²) in [6.45, 7) is 3.52. The number of ether oxygens (including phenoxy) is 13. The SMILES string of the molecule is CCCCCC/C=C\CCCOc1cccc(C(=O)N[C@H]2C(O[C@H]3C(O)C(NC(C)=O)C(O[C@H]4C(CO)O[C@@H](O[C@H]5C(O)C(NC(C)=O)C(OC6C(CO[C@H]7OC(C)C(O)[C@@H](O)[C@@H]7OC)OC(O)[C@H](NC(C)=O)[C@H]6O)O[C@@H]5CO)[C@H](NC(C)=O)C4O)O[C@@H]3CO)OC(CO)[C@H](O)[C@@H]2O)c1. The summed E-state index contributed by atoms with van der Waals surface area (Å²) in [5, 5.41) is 158. The highest BCUT2D eigenvalue weighted by atomic mass is 16.8. The Balaban J connectivity index is 1.07. The molecule has 5 amide bonds. The maximum atomic E-state index is 14.0. The molecule has 564 valence electrons. The number of carbonyl (C=O) groups excluding carboxylic acids is 5. The summed E-state index contributed by atoms with van der Waals surface area (Å²) in [6, 6.07) is -2.45. The number of hydrogen-bond donors (Lipinski definition) is 18. The van der Waals surface area contributed by atoms with Crippen LogP contribution in [-0.4, -0.2) is 327 Å². The molecular formula is C63H101N5O31. The van der Waals surface area contributed by atoms with E-state index >= 15 is 0 Å². The molecule has 99 heavy (non-hydrogen) atoms. The van der Waals surface area contributed by atoms with E-state index in [1.165, 1.54) is 39.0 Å². The normalized spacial score (nSPS) is 39.6. The maximum Gasteiger partial charge on any atom is 0.251 e. The first kappa shape index (κ1) is 81.4. The molecule has 36 nitrogen and oxygen atoms in total. The first-order chi connectivity index (χ1) is 47.2. The largest absolute Gasteiger partial charge is 0.494 e. The Kier molecular flexibility index (Phi) is 31.7. The van der Waals surface area contributed by atoms with Crippen LogP contribution in [0.5, 0.6) is 5.75 Å². The minimum Gasteiger partial charge on any atom is -0.494 e. The van der Waals surface area contributed by atoms with Crippen LogP contribution in [-0.2, 0) is 76.0 Å². The number of aliphatic hydroxyl groups excluding tert-OH is 13. The van der Waals surface area contributed by atoms with Crippen LogP contribution in [0.3, 0.4) is 0 Å². The molecule has 0 spiro atoms. The van der Waals surface area contributed by atoms with Crippen molar-refractivity contribution >= 4 is 29.5 Å². The van der Waals surface area contributed by atoms with Gasteiger partial charge in [0.1, 0.15) is 146 Å². The third kappa shape index (κ3) is 20.9. The molecule has 6 aliphatic rings. The van der Waals surface area contributed by atoms with Gasteiger partial charge < -0.3 is 155 Å². The minimum absolute atomic E-state index is 0.0482. The van der Waals surface area contributed by atoms with Crippen LogP contribution in [0.4, 0.5) is 0 Å². The molecular weight excluding hydrogens is 1320 g/mol. The number of unbranched alkanes of at least 4 members (excludes halogenated alkanes) is 5. The zero-order valence-electron chi connectivity index (χ0n) is 56.1. The van der Waals surface area contributed by atoms with E-state index in [0.717, 1.165) is 53.4 Å². The molecule has 0 bridgehead atoms. The third-order valence-electron chi connectivity index (χ3n) is 17.8. The number of methoxy groups -OCH3 is 1. The Morgan fingerprint density at radius 2 is 0.899 bits per heavy atom. The van der Waals surface area contributed by atoms with Gasteiger partial charge in [0.15, 0.2) is 37.7 Å². The van der Waals surface area contributed by atoms with Crippen LogP contribution in [0.1, 0.15) is 96.8 Å². The number of aliphatic hydroxyl groups is 13. The van der Waals surface area contributed by atoms with Gasteiger partial charge in [-0.05, 0) is 50.8 Å². The van der Waals surface area contributed by atoms with Gasteiger partial charge in [-0.2, -0.15) is 0 Å². The van der Waals surface area contributed by atoms with Gasteiger partial charge in [-0.3, -0.25) is 24.0 Å². The van der Waals surface area contributed by atoms with Crippen molar-refractivity contribution in [3.05, 3.63) is 42.0 Å². The maximum absolute atomic E-state index is 14.0. The second-order valence-electron chi connectivity index (χ2n) is 25.3. The molecule has 1 aromatic rings. The highest BCUT2D eigenvalue weighted by Gasteiger charge is 2.58. The van der Waals surface area contributed by atoms with Crippen LogP contribution in [0.25, 0.3) is 0 Å². The number of benzene rings is 1. The summed E-state index contributed by atoms with van der Waals surface area (Å²) in [5.41, 5.74) is 0.0482. The molecule has 7 rings (SSSR count). The number of amides is 5. The Bertz CT molecular complexity index is 2730. The Morgan fingerprint density at radius 3 is 1.35 bits per heavy atom. The average molecular weight is 1420 g/mol. The van der Waals surface area contributed by atoms with E-state index in [2.05, 4.69) is 45.7 Å². The quantitative estimate of drug-likeness (QED) is 0.0235. The van der Waals surface area contributed by atoms with Crippen molar-refractivity contribution in [2.45, 2.75) is 270 Å². The molecule has 6 fully saturated rings. The van der Waals surface area contributed by atoms with Gasteiger partial charge in [-0.15, -0.1) is 0 Å². The summed E-state index contributed by atoms with van der Waals surface area (Å²) < 4.78 is 77.9. The second kappa shape index (κ2) is 38.6. The first-order valence-corrected chi connectivity index (χ1v) is 33.2. The summed E-state index contributed by atoms with van der Waals surface area (Å²) in [4.78, 5) is 65.1. The number of carbonyl (C=O) groups is 5. The molecule has 15 unspecified atom stereocenters. The van der Waals surface area contributed by atoms with Crippen molar-refractivity contribution < 1.29 is 152 Å². The fourth-order valence-electron chi connectivity index (χ4n) is 12.7. The lowest BCUT2D eigenvalue weighted by atomic mass is 9.93. The van der Waals surface area contributed by atoms with E-state index in [1.54, 1.807) is 12.1 Å². The molecule has 0 saturated carbocycles. The molecule has 6 heterocycles. The van der Waals surface area contributed by atoms with E-state index in [0.29, 0.717) is 18.8 Å². The van der Waals surface area contributed by atoms with Gasteiger partial charge >= 0.3 is 0 Å². The molecule has 6 aliphatic heterocycles. The summed E-state index contributed by atoms with van der Waals surface area (Å²) in [7, 11) is 1.21. The molecule has 18 N–H and O–H groups in total. The van der Waals surface area contributed by atoms with Crippen LogP contribution in [0.2, 0.25) is 0 Å². The zero-order chi connectivity index (χ0) is 72.5. The fourth-order valence-corrected chi connectivity index (χ4v) is 12.7. The number of nitrogens with one attached hydrogen (secondary N) is 5. The van der Waals surface area contributed by atoms with Gasteiger partial charge in [-0.25, -0.2) is 0 Å². The Morgan fingerprint density at radius 1 is 0.465 bits per heavy atom. The fraction of sp³-hybridized carbons (Fsp3) is 0.794. The van der Waals surface area contributed by atoms with Crippen LogP contribution in [0, 0.1) is 0 Å². The first-order valence-electron chi connectivity index (χ1n) is 33.2. The molecule has 30 atom stereocenters. The highest BCUT2D eigenvalue weighted by Crippen LogP contribution is 2.37. The number of allylic oxidation sites excluding steroid dienone is 2. The average Bonchev–Trinajstić information content (AvgIpc) is 0.771. The Hall–Kier alpha value is -4.89. The standard InChI is InChI=1S/C63H101N5O31/c1-8-9-10-11-12-13-14-15-16-20-88-33-19-17-18-32(21-33)57(85)68-40-46(79)45(78)34(22-69)92-59(40)96-52-35(23-70)93-60(41(48(52)81)65-29(4)74)97-53-36(24-71)94-61(42(49(53)82)66-30(5)75)98-54-37(25-72)95-62(43(50(54)83)67-31(6)76)99-55-38(91-58(86)39(47(55)80)64-28(3)73)26-89-63-56(87-7)51(84)44(77)27(2)90-63/h13-14,17-19,21,27,34-56,58-63,69-72,77-84,86H,8-12,15-16,20,22-26H2,1-7H3,(H,64,73)(H,65,74)(H,66,75)(H,67,76)(H,68,85)/b14-13-/t27?,34?,35-,36?,37-,38?,39-,40-,41?,42-,43?,44?,45+,46-,47-,48?,49?,50?,51-,52-,53+,54-,55?,56+,58?,59?,60?,61+,62?,63+/m1/s1. The topological polar surface area (TPSA) is 528 Å². The number of rotatable bonds is 32. The van der Waals surface area contributed by atoms with Gasteiger partial charge in [-0.1, -0.05) is 44.4 Å². The lowest BCUT2D eigenvalue weighted by Crippen LogP contribution is -2.72. The summed E-state index contributed by atoms with van der Waals surface area (Å²) in [5.74, 6) is -3.67. The molecule has 0 aliphatic carbocycles. The smallest absolute Gasteiger partial charge is 0.251 e. The van der Waals surface area contributed by atoms with Crippen molar-refractivity contribution in [3.8, 4) is 5.75 Å². The van der Waals surface area contributed by atoms with E-state index < -0.39 is 246 Å². The monoisotopic (exact) mass is 1420 g/mol. The van der Waals surface area contributed by atoms with Gasteiger partial charge in [0, 0.05) is 40.4 Å². The van der Waals surface area contributed by atoms with Gasteiger partial charge in [0.05, 0.1) is 45.7 Å². The summed E-state index contributed by atoms with van der Waals surface area (Å²) in [6.07, 6.45) is -32.0. The van der Waals surface area contributed by atoms with Crippen molar-refractivity contribution in [1.29, 1.82) is 0 Å². The lowest BCUT2D eigenvalue weighted by molar-refractivity contribution is -0.368. The van der Waals surface area contributed by atoms with Crippen LogP contribution in [0.15, 0.2) is 36.4 Å². The van der Waals surface area contributed by atoms with Crippen molar-refractivity contribution in [2.24, 2.45) is 0 Å². The Labute approximate surface area is 571 Å². The molecule has 0 radical (unpaired) electrons. The van der Waals surface area contributed by atoms with Crippen LogP contribution >= 0.6 is 0 Å². The lowest BCUT2D eigenvalue weighted by Gasteiger charge is -2.51. The second-order valence-corrected chi connectivity index (χ2v) is 25.3. The van der Waals surface area contributed by atoms with Crippen molar-refractivity contribution in [1.82, 2.24) is 26.6 Å².